The van der Waals surface area contributed by atoms with Crippen molar-refractivity contribution in [2.24, 2.45) is 5.92 Å². The average molecular weight is 240 g/mol. The van der Waals surface area contributed by atoms with E-state index >= 15 is 0 Å². The summed E-state index contributed by atoms with van der Waals surface area (Å²) in [7, 11) is 0. The van der Waals surface area contributed by atoms with Crippen LogP contribution in [0, 0.1) is 17.6 Å². The average Bonchev–Trinajstić information content (AvgIpc) is 2.23. The van der Waals surface area contributed by atoms with E-state index in [1.165, 1.54) is 6.07 Å². The maximum atomic E-state index is 12.9. The van der Waals surface area contributed by atoms with Crippen LogP contribution >= 0.6 is 0 Å². The van der Waals surface area contributed by atoms with Gasteiger partial charge in [0.15, 0.2) is 11.6 Å². The van der Waals surface area contributed by atoms with Crippen LogP contribution in [0.4, 0.5) is 8.78 Å². The highest BCUT2D eigenvalue weighted by Crippen LogP contribution is 2.12. The molecular formula is C14H18F2O. The van der Waals surface area contributed by atoms with Crippen molar-refractivity contribution in [3.63, 3.8) is 0 Å². The number of halogens is 2. The van der Waals surface area contributed by atoms with Gasteiger partial charge in [-0.2, -0.15) is 0 Å². The number of carbonyl (C=O) groups is 1. The molecule has 0 saturated carbocycles. The minimum Gasteiger partial charge on any atom is -0.299 e. The van der Waals surface area contributed by atoms with Crippen LogP contribution < -0.4 is 0 Å². The van der Waals surface area contributed by atoms with Crippen molar-refractivity contribution in [2.75, 3.05) is 0 Å². The van der Waals surface area contributed by atoms with Gasteiger partial charge in [-0.3, -0.25) is 4.79 Å². The van der Waals surface area contributed by atoms with Gasteiger partial charge in [-0.1, -0.05) is 26.3 Å². The highest BCUT2D eigenvalue weighted by atomic mass is 19.2. The predicted molar refractivity (Wildman–Crippen MR) is 63.8 cm³/mol. The van der Waals surface area contributed by atoms with Crippen molar-refractivity contribution in [3.05, 3.63) is 35.4 Å². The third-order valence-corrected chi connectivity index (χ3v) is 2.62. The number of carbonyl (C=O) groups excluding carboxylic acids is 1. The van der Waals surface area contributed by atoms with E-state index in [0.717, 1.165) is 25.0 Å². The lowest BCUT2D eigenvalue weighted by Crippen LogP contribution is -2.04. The molecular weight excluding hydrogens is 222 g/mol. The predicted octanol–water partition coefficient (Wildman–Crippen LogP) is 3.90. The van der Waals surface area contributed by atoms with Crippen molar-refractivity contribution >= 4 is 5.78 Å². The van der Waals surface area contributed by atoms with Gasteiger partial charge in [-0.15, -0.1) is 0 Å². The van der Waals surface area contributed by atoms with Crippen molar-refractivity contribution < 1.29 is 13.6 Å². The van der Waals surface area contributed by atoms with E-state index in [4.69, 9.17) is 0 Å². The fourth-order valence-electron chi connectivity index (χ4n) is 1.67. The van der Waals surface area contributed by atoms with Crippen molar-refractivity contribution in [1.82, 2.24) is 0 Å². The van der Waals surface area contributed by atoms with Crippen LogP contribution in [0.15, 0.2) is 18.2 Å². The van der Waals surface area contributed by atoms with E-state index in [1.807, 2.05) is 0 Å². The van der Waals surface area contributed by atoms with Crippen molar-refractivity contribution in [2.45, 2.75) is 39.5 Å². The molecule has 0 unspecified atom stereocenters. The molecule has 1 aromatic rings. The quantitative estimate of drug-likeness (QED) is 0.737. The van der Waals surface area contributed by atoms with Gasteiger partial charge in [0.2, 0.25) is 0 Å². The fourth-order valence-corrected chi connectivity index (χ4v) is 1.67. The molecule has 3 heteroatoms. The van der Waals surface area contributed by atoms with Crippen LogP contribution in [0.2, 0.25) is 0 Å². The van der Waals surface area contributed by atoms with E-state index in [1.54, 1.807) is 0 Å². The smallest absolute Gasteiger partial charge is 0.159 e. The van der Waals surface area contributed by atoms with Gasteiger partial charge in [0, 0.05) is 12.8 Å². The molecule has 0 aliphatic carbocycles. The van der Waals surface area contributed by atoms with Crippen LogP contribution in [0.25, 0.3) is 0 Å². The van der Waals surface area contributed by atoms with Crippen LogP contribution in [0.1, 0.15) is 38.7 Å². The largest absolute Gasteiger partial charge is 0.299 e. The molecule has 0 aliphatic heterocycles. The highest BCUT2D eigenvalue weighted by molar-refractivity contribution is 5.80. The second-order valence-corrected chi connectivity index (χ2v) is 4.75. The second-order valence-electron chi connectivity index (χ2n) is 4.75. The van der Waals surface area contributed by atoms with Gasteiger partial charge in [0.25, 0.3) is 0 Å². The minimum atomic E-state index is -0.891. The van der Waals surface area contributed by atoms with E-state index in [0.29, 0.717) is 17.9 Å². The lowest BCUT2D eigenvalue weighted by molar-refractivity contribution is -0.118. The molecule has 1 nitrogen and oxygen atoms in total. The highest BCUT2D eigenvalue weighted by Gasteiger charge is 2.07. The normalized spacial score (nSPS) is 10.9. The molecule has 0 fully saturated rings. The Kier molecular flexibility index (Phi) is 5.26. The van der Waals surface area contributed by atoms with Crippen molar-refractivity contribution in [3.8, 4) is 0 Å². The molecule has 0 saturated heterocycles. The fraction of sp³-hybridized carbons (Fsp3) is 0.500. The molecule has 0 bridgehead atoms. The van der Waals surface area contributed by atoms with Gasteiger partial charge < -0.3 is 0 Å². The van der Waals surface area contributed by atoms with Crippen LogP contribution in [-0.4, -0.2) is 5.78 Å². The number of benzene rings is 1. The zero-order valence-corrected chi connectivity index (χ0v) is 10.3. The number of Topliss-reactive ketones (excluding diaryl/α,β-unsaturated/α-hetero) is 1. The summed E-state index contributed by atoms with van der Waals surface area (Å²) in [6.45, 7) is 4.22. The molecule has 0 aromatic heterocycles. The van der Waals surface area contributed by atoms with Gasteiger partial charge in [-0.25, -0.2) is 8.78 Å². The molecule has 94 valence electrons. The first-order valence-corrected chi connectivity index (χ1v) is 5.94. The summed E-state index contributed by atoms with van der Waals surface area (Å²) in [6, 6.07) is 3.61. The number of ketones is 1. The van der Waals surface area contributed by atoms with Gasteiger partial charge in [0.1, 0.15) is 5.78 Å². The lowest BCUT2D eigenvalue weighted by Gasteiger charge is -2.04. The van der Waals surface area contributed by atoms with Crippen LogP contribution in [0.3, 0.4) is 0 Å². The third-order valence-electron chi connectivity index (χ3n) is 2.62. The summed E-state index contributed by atoms with van der Waals surface area (Å²) in [5.74, 6) is -1.10. The molecule has 0 aliphatic rings. The lowest BCUT2D eigenvalue weighted by atomic mass is 10.0. The first-order valence-electron chi connectivity index (χ1n) is 5.94. The van der Waals surface area contributed by atoms with E-state index < -0.39 is 11.6 Å². The zero-order valence-electron chi connectivity index (χ0n) is 10.3. The van der Waals surface area contributed by atoms with Gasteiger partial charge >= 0.3 is 0 Å². The first kappa shape index (κ1) is 13.8. The van der Waals surface area contributed by atoms with E-state index in [-0.39, 0.29) is 12.2 Å². The molecule has 17 heavy (non-hydrogen) atoms. The summed E-state index contributed by atoms with van der Waals surface area (Å²) in [5.41, 5.74) is 0.540. The number of hydrogen-bond donors (Lipinski definition) is 0. The Morgan fingerprint density at radius 1 is 1.24 bits per heavy atom. The molecule has 0 N–H and O–H groups in total. The summed E-state index contributed by atoms with van der Waals surface area (Å²) < 4.78 is 25.6. The second kappa shape index (κ2) is 6.48. The summed E-state index contributed by atoms with van der Waals surface area (Å²) in [6.07, 6.45) is 2.58. The van der Waals surface area contributed by atoms with Crippen molar-refractivity contribution in [1.29, 1.82) is 0 Å². The zero-order chi connectivity index (χ0) is 12.8. The first-order chi connectivity index (χ1) is 7.99. The number of rotatable bonds is 6. The third kappa shape index (κ3) is 5.07. The Bertz CT molecular complexity index is 386. The minimum absolute atomic E-state index is 0.0802. The topological polar surface area (TPSA) is 17.1 Å². The van der Waals surface area contributed by atoms with E-state index in [9.17, 15) is 13.6 Å². The standard InChI is InChI=1S/C14H18F2O/c1-10(2)4-3-5-12(17)8-11-6-7-13(15)14(16)9-11/h6-7,9-10H,3-5,8H2,1-2H3. The maximum absolute atomic E-state index is 12.9. The Balaban J connectivity index is 2.42. The van der Waals surface area contributed by atoms with Crippen LogP contribution in [0.5, 0.6) is 0 Å². The molecule has 0 spiro atoms. The SMILES string of the molecule is CC(C)CCCC(=O)Cc1ccc(F)c(F)c1. The number of hydrogen-bond acceptors (Lipinski definition) is 1. The summed E-state index contributed by atoms with van der Waals surface area (Å²) in [4.78, 5) is 11.6. The van der Waals surface area contributed by atoms with Gasteiger partial charge in [-0.05, 0) is 30.0 Å². The molecule has 0 radical (unpaired) electrons. The Hall–Kier alpha value is -1.25. The Labute approximate surface area is 101 Å². The molecule has 1 rings (SSSR count). The van der Waals surface area contributed by atoms with Crippen LogP contribution in [-0.2, 0) is 11.2 Å². The molecule has 0 amide bonds. The molecule has 1 aromatic carbocycles. The summed E-state index contributed by atoms with van der Waals surface area (Å²) >= 11 is 0. The molecule has 0 heterocycles. The Morgan fingerprint density at radius 3 is 2.53 bits per heavy atom. The maximum Gasteiger partial charge on any atom is 0.159 e. The monoisotopic (exact) mass is 240 g/mol. The Morgan fingerprint density at radius 2 is 1.94 bits per heavy atom. The molecule has 0 atom stereocenters. The van der Waals surface area contributed by atoms with Gasteiger partial charge in [0.05, 0.1) is 0 Å². The van der Waals surface area contributed by atoms with E-state index in [2.05, 4.69) is 13.8 Å². The summed E-state index contributed by atoms with van der Waals surface area (Å²) in [5, 5.41) is 0.